The molecule has 4 nitrogen and oxygen atoms in total. The summed E-state index contributed by atoms with van der Waals surface area (Å²) in [5.41, 5.74) is 3.77. The fourth-order valence-corrected chi connectivity index (χ4v) is 4.19. The lowest BCUT2D eigenvalue weighted by Crippen LogP contribution is -2.33. The van der Waals surface area contributed by atoms with Crippen molar-refractivity contribution in [3.05, 3.63) is 29.5 Å². The van der Waals surface area contributed by atoms with Gasteiger partial charge in [0, 0.05) is 48.3 Å². The first-order valence-corrected chi connectivity index (χ1v) is 8.73. The van der Waals surface area contributed by atoms with Gasteiger partial charge < -0.3 is 14.6 Å². The van der Waals surface area contributed by atoms with Crippen molar-refractivity contribution in [2.75, 3.05) is 33.8 Å². The number of piperidine rings is 1. The van der Waals surface area contributed by atoms with Crippen LogP contribution < -0.4 is 4.74 Å². The Balaban J connectivity index is 1.47. The van der Waals surface area contributed by atoms with Gasteiger partial charge in [0.2, 0.25) is 0 Å². The van der Waals surface area contributed by atoms with E-state index in [-0.39, 0.29) is 0 Å². The Labute approximate surface area is 138 Å². The van der Waals surface area contributed by atoms with Crippen LogP contribution in [0.15, 0.2) is 18.3 Å². The number of ether oxygens (including phenoxy) is 1. The largest absolute Gasteiger partial charge is 0.496 e. The Hall–Kier alpha value is -1.52. The first-order valence-electron chi connectivity index (χ1n) is 8.73. The quantitative estimate of drug-likeness (QED) is 0.889. The van der Waals surface area contributed by atoms with E-state index in [9.17, 15) is 0 Å². The normalized spacial score (nSPS) is 23.7. The van der Waals surface area contributed by atoms with Crippen LogP contribution in [0.1, 0.15) is 24.0 Å². The number of likely N-dealkylation sites (N-methyl/N-ethyl adjacent to an activating group) is 1. The van der Waals surface area contributed by atoms with E-state index in [0.717, 1.165) is 30.8 Å². The van der Waals surface area contributed by atoms with Gasteiger partial charge in [-0.1, -0.05) is 0 Å². The molecule has 1 saturated carbocycles. The number of rotatable bonds is 6. The van der Waals surface area contributed by atoms with Gasteiger partial charge in [-0.25, -0.2) is 0 Å². The number of aromatic amines is 1. The van der Waals surface area contributed by atoms with E-state index in [4.69, 9.17) is 4.74 Å². The van der Waals surface area contributed by atoms with Crippen LogP contribution in [0.4, 0.5) is 0 Å². The van der Waals surface area contributed by atoms with E-state index in [1.807, 2.05) is 6.20 Å². The lowest BCUT2D eigenvalue weighted by atomic mass is 10.0. The molecule has 0 amide bonds. The first kappa shape index (κ1) is 15.0. The Morgan fingerprint density at radius 3 is 3.00 bits per heavy atom. The van der Waals surface area contributed by atoms with E-state index < -0.39 is 0 Å². The SMILES string of the molecule is COc1cc(C)c2[nH]ccc2c1CN(C)CCN1CCC2CC21. The molecule has 1 N–H and O–H groups in total. The van der Waals surface area contributed by atoms with Gasteiger partial charge in [-0.05, 0) is 57.0 Å². The van der Waals surface area contributed by atoms with Crippen LogP contribution in [0.3, 0.4) is 0 Å². The topological polar surface area (TPSA) is 31.5 Å². The van der Waals surface area contributed by atoms with Crippen molar-refractivity contribution in [2.24, 2.45) is 5.92 Å². The zero-order valence-electron chi connectivity index (χ0n) is 14.4. The number of methoxy groups -OCH3 is 1. The van der Waals surface area contributed by atoms with E-state index in [2.05, 4.69) is 40.9 Å². The smallest absolute Gasteiger partial charge is 0.124 e. The van der Waals surface area contributed by atoms with Gasteiger partial charge in [0.15, 0.2) is 0 Å². The third-order valence-electron chi connectivity index (χ3n) is 5.67. The molecular weight excluding hydrogens is 286 g/mol. The second-order valence-electron chi connectivity index (χ2n) is 7.27. The number of benzene rings is 1. The lowest BCUT2D eigenvalue weighted by Gasteiger charge is -2.24. The van der Waals surface area contributed by atoms with Gasteiger partial charge >= 0.3 is 0 Å². The molecule has 4 heteroatoms. The Kier molecular flexibility index (Phi) is 3.82. The van der Waals surface area contributed by atoms with Crippen LogP contribution in [0, 0.1) is 12.8 Å². The molecule has 1 aliphatic heterocycles. The van der Waals surface area contributed by atoms with Crippen LogP contribution in [0.5, 0.6) is 5.75 Å². The van der Waals surface area contributed by atoms with Crippen molar-refractivity contribution in [3.63, 3.8) is 0 Å². The van der Waals surface area contributed by atoms with Gasteiger partial charge in [-0.3, -0.25) is 4.90 Å². The number of nitrogens with zero attached hydrogens (tertiary/aromatic N) is 2. The Morgan fingerprint density at radius 2 is 2.30 bits per heavy atom. The summed E-state index contributed by atoms with van der Waals surface area (Å²) >= 11 is 0. The second-order valence-corrected chi connectivity index (χ2v) is 7.27. The van der Waals surface area contributed by atoms with E-state index in [1.165, 1.54) is 48.0 Å². The molecule has 4 rings (SSSR count). The van der Waals surface area contributed by atoms with Crippen LogP contribution in [0.2, 0.25) is 0 Å². The molecule has 2 unspecified atom stereocenters. The summed E-state index contributed by atoms with van der Waals surface area (Å²) in [6.45, 7) is 6.68. The third kappa shape index (κ3) is 2.74. The predicted molar refractivity (Wildman–Crippen MR) is 94.0 cm³/mol. The zero-order chi connectivity index (χ0) is 16.0. The van der Waals surface area contributed by atoms with E-state index in [1.54, 1.807) is 7.11 Å². The van der Waals surface area contributed by atoms with Crippen LogP contribution in [0.25, 0.3) is 10.9 Å². The number of nitrogens with one attached hydrogen (secondary N) is 1. The summed E-state index contributed by atoms with van der Waals surface area (Å²) in [5, 5.41) is 1.29. The minimum atomic E-state index is 0.911. The van der Waals surface area contributed by atoms with Crippen molar-refractivity contribution in [1.29, 1.82) is 0 Å². The molecule has 23 heavy (non-hydrogen) atoms. The number of hydrogen-bond acceptors (Lipinski definition) is 3. The zero-order valence-corrected chi connectivity index (χ0v) is 14.4. The second kappa shape index (κ2) is 5.84. The maximum Gasteiger partial charge on any atom is 0.124 e. The molecule has 124 valence electrons. The van der Waals surface area contributed by atoms with Crippen molar-refractivity contribution in [2.45, 2.75) is 32.4 Å². The minimum Gasteiger partial charge on any atom is -0.496 e. The maximum absolute atomic E-state index is 5.66. The molecule has 2 atom stereocenters. The highest BCUT2D eigenvalue weighted by Gasteiger charge is 2.46. The Morgan fingerprint density at radius 1 is 1.43 bits per heavy atom. The molecule has 1 aliphatic carbocycles. The summed E-state index contributed by atoms with van der Waals surface area (Å²) < 4.78 is 5.66. The molecule has 0 spiro atoms. The summed E-state index contributed by atoms with van der Waals surface area (Å²) in [6.07, 6.45) is 4.89. The fourth-order valence-electron chi connectivity index (χ4n) is 4.19. The summed E-state index contributed by atoms with van der Waals surface area (Å²) in [5.74, 6) is 2.03. The molecular formula is C19H27N3O. The average molecular weight is 313 g/mol. The predicted octanol–water partition coefficient (Wildman–Crippen LogP) is 3.01. The Bertz CT molecular complexity index is 708. The van der Waals surface area contributed by atoms with E-state index in [0.29, 0.717) is 0 Å². The van der Waals surface area contributed by atoms with Crippen molar-refractivity contribution < 1.29 is 4.74 Å². The summed E-state index contributed by atoms with van der Waals surface area (Å²) in [7, 11) is 3.99. The standard InChI is InChI=1S/C19H27N3O/c1-13-10-18(23-3)16(15-4-6-20-19(13)15)12-21(2)8-9-22-7-5-14-11-17(14)22/h4,6,10,14,17,20H,5,7-9,11-12H2,1-3H3. The number of aromatic nitrogens is 1. The molecule has 2 heterocycles. The maximum atomic E-state index is 5.66. The highest BCUT2D eigenvalue weighted by Crippen LogP contribution is 2.44. The number of H-pyrrole nitrogens is 1. The highest BCUT2D eigenvalue weighted by atomic mass is 16.5. The molecule has 0 radical (unpaired) electrons. The molecule has 1 saturated heterocycles. The van der Waals surface area contributed by atoms with Gasteiger partial charge in [-0.2, -0.15) is 0 Å². The number of likely N-dealkylation sites (tertiary alicyclic amines) is 1. The third-order valence-corrected chi connectivity index (χ3v) is 5.67. The van der Waals surface area contributed by atoms with Gasteiger partial charge in [0.1, 0.15) is 5.75 Å². The van der Waals surface area contributed by atoms with Crippen molar-refractivity contribution in [1.82, 2.24) is 14.8 Å². The van der Waals surface area contributed by atoms with Crippen molar-refractivity contribution >= 4 is 10.9 Å². The number of aryl methyl sites for hydroxylation is 1. The molecule has 1 aromatic heterocycles. The van der Waals surface area contributed by atoms with Gasteiger partial charge in [0.05, 0.1) is 7.11 Å². The molecule has 2 fully saturated rings. The van der Waals surface area contributed by atoms with Crippen LogP contribution in [-0.4, -0.2) is 54.6 Å². The van der Waals surface area contributed by atoms with Gasteiger partial charge in [-0.15, -0.1) is 0 Å². The average Bonchev–Trinajstić information content (AvgIpc) is 2.98. The molecule has 1 aromatic carbocycles. The van der Waals surface area contributed by atoms with E-state index >= 15 is 0 Å². The summed E-state index contributed by atoms with van der Waals surface area (Å²) in [4.78, 5) is 8.46. The highest BCUT2D eigenvalue weighted by molar-refractivity contribution is 5.88. The summed E-state index contributed by atoms with van der Waals surface area (Å²) in [6, 6.07) is 5.23. The minimum absolute atomic E-state index is 0.911. The van der Waals surface area contributed by atoms with Crippen molar-refractivity contribution in [3.8, 4) is 5.75 Å². The molecule has 2 aromatic rings. The number of hydrogen-bond donors (Lipinski definition) is 1. The van der Waals surface area contributed by atoms with Gasteiger partial charge in [0.25, 0.3) is 0 Å². The molecule has 2 aliphatic rings. The molecule has 0 bridgehead atoms. The lowest BCUT2D eigenvalue weighted by molar-refractivity contribution is 0.233. The van der Waals surface area contributed by atoms with Crippen LogP contribution in [-0.2, 0) is 6.54 Å². The van der Waals surface area contributed by atoms with Crippen LogP contribution >= 0.6 is 0 Å². The fraction of sp³-hybridized carbons (Fsp3) is 0.579. The number of fused-ring (bicyclic) bond motifs is 2. The monoisotopic (exact) mass is 313 g/mol. The first-order chi connectivity index (χ1) is 11.2.